The maximum Gasteiger partial charge on any atom is 0.164 e. The van der Waals surface area contributed by atoms with Crippen LogP contribution in [0, 0.1) is 0 Å². The van der Waals surface area contributed by atoms with Crippen LogP contribution < -0.4 is 0 Å². The number of hydrogen-bond acceptors (Lipinski definition) is 4. The molecule has 0 N–H and O–H groups in total. The first kappa shape index (κ1) is 41.8. The summed E-state index contributed by atoms with van der Waals surface area (Å²) in [7, 11) is 0. The van der Waals surface area contributed by atoms with Crippen LogP contribution in [-0.4, -0.2) is 19.5 Å². The second-order valence-corrected chi connectivity index (χ2v) is 19.0. The van der Waals surface area contributed by atoms with Gasteiger partial charge in [0.2, 0.25) is 0 Å². The highest BCUT2D eigenvalue weighted by Gasteiger charge is 2.23. The first-order valence-corrected chi connectivity index (χ1v) is 25.1. The van der Waals surface area contributed by atoms with E-state index in [1.807, 2.05) is 42.5 Å². The number of rotatable bonds is 7. The summed E-state index contributed by atoms with van der Waals surface area (Å²) in [4.78, 5) is 15.6. The molecule has 0 aliphatic rings. The van der Waals surface area contributed by atoms with Crippen LogP contribution in [0.4, 0.5) is 0 Å². The molecule has 0 saturated heterocycles. The number of aromatic nitrogens is 4. The quantitative estimate of drug-likeness (QED) is 0.149. The van der Waals surface area contributed by atoms with Gasteiger partial charge in [-0.2, -0.15) is 0 Å². The first-order valence-electron chi connectivity index (χ1n) is 25.1. The Hall–Kier alpha value is -9.97. The van der Waals surface area contributed by atoms with E-state index in [1.165, 1.54) is 16.2 Å². The highest BCUT2D eigenvalue weighted by molar-refractivity contribution is 6.29. The van der Waals surface area contributed by atoms with Crippen molar-refractivity contribution in [3.05, 3.63) is 255 Å². The van der Waals surface area contributed by atoms with Gasteiger partial charge in [0.15, 0.2) is 17.5 Å². The van der Waals surface area contributed by atoms with E-state index in [4.69, 9.17) is 19.4 Å². The number of nitrogens with zero attached hydrogens (tertiary/aromatic N) is 4. The van der Waals surface area contributed by atoms with E-state index in [0.29, 0.717) is 17.5 Å². The van der Waals surface area contributed by atoms with Gasteiger partial charge in [-0.05, 0) is 97.2 Å². The van der Waals surface area contributed by atoms with E-state index in [-0.39, 0.29) is 0 Å². The summed E-state index contributed by atoms with van der Waals surface area (Å²) >= 11 is 0. The number of benzene rings is 12. The topological polar surface area (TPSA) is 56.7 Å². The maximum absolute atomic E-state index is 6.67. The highest BCUT2D eigenvalue weighted by atomic mass is 16.3. The lowest BCUT2D eigenvalue weighted by atomic mass is 9.88. The molecular weight excluding hydrogens is 901 g/mol. The van der Waals surface area contributed by atoms with Crippen molar-refractivity contribution in [2.24, 2.45) is 0 Å². The van der Waals surface area contributed by atoms with Crippen molar-refractivity contribution in [2.75, 3.05) is 0 Å². The Morgan fingerprint density at radius 2 is 0.784 bits per heavy atom. The molecule has 344 valence electrons. The SMILES string of the molecule is c1ccc(-c2nc(-c3ccccc3)nc(-c3cc(-c4ccc(-c5ccc(-c6cccc7c8c9oc%10ccccc%10c9ccc8n(-c8ccccc8)c67)cc5)cc4)cc4c5ccccc5c5ccccc5c34)n2)cc1. The van der Waals surface area contributed by atoms with E-state index in [9.17, 15) is 0 Å². The number of furan rings is 1. The van der Waals surface area contributed by atoms with Gasteiger partial charge >= 0.3 is 0 Å². The summed E-state index contributed by atoms with van der Waals surface area (Å²) in [6, 6.07) is 90.6. The molecule has 0 fully saturated rings. The van der Waals surface area contributed by atoms with Crippen LogP contribution in [0.1, 0.15) is 0 Å². The molecule has 0 saturated carbocycles. The van der Waals surface area contributed by atoms with Gasteiger partial charge < -0.3 is 8.98 Å². The normalized spacial score (nSPS) is 11.8. The maximum atomic E-state index is 6.67. The van der Waals surface area contributed by atoms with Crippen LogP contribution in [0.2, 0.25) is 0 Å². The van der Waals surface area contributed by atoms with Crippen molar-refractivity contribution < 1.29 is 4.42 Å². The highest BCUT2D eigenvalue weighted by Crippen LogP contribution is 2.45. The molecule has 0 radical (unpaired) electrons. The molecule has 12 aromatic carbocycles. The molecule has 0 bridgehead atoms. The molecule has 0 atom stereocenters. The minimum atomic E-state index is 0.629. The van der Waals surface area contributed by atoms with Crippen molar-refractivity contribution in [1.82, 2.24) is 19.5 Å². The second-order valence-electron chi connectivity index (χ2n) is 19.0. The van der Waals surface area contributed by atoms with Gasteiger partial charge in [0.25, 0.3) is 0 Å². The summed E-state index contributed by atoms with van der Waals surface area (Å²) in [5.41, 5.74) is 14.8. The lowest BCUT2D eigenvalue weighted by Gasteiger charge is -2.17. The minimum Gasteiger partial charge on any atom is -0.455 e. The summed E-state index contributed by atoms with van der Waals surface area (Å²) in [5.74, 6) is 1.89. The molecule has 5 nitrogen and oxygen atoms in total. The van der Waals surface area contributed by atoms with Crippen molar-refractivity contribution in [3.63, 3.8) is 0 Å². The van der Waals surface area contributed by atoms with Crippen molar-refractivity contribution in [1.29, 1.82) is 0 Å². The molecule has 74 heavy (non-hydrogen) atoms. The van der Waals surface area contributed by atoms with Gasteiger partial charge in [0.1, 0.15) is 11.2 Å². The van der Waals surface area contributed by atoms with Gasteiger partial charge in [0, 0.05) is 49.5 Å². The Morgan fingerprint density at radius 3 is 1.43 bits per heavy atom. The smallest absolute Gasteiger partial charge is 0.164 e. The molecule has 3 heterocycles. The zero-order valence-electron chi connectivity index (χ0n) is 39.9. The Bertz CT molecular complexity index is 4620. The van der Waals surface area contributed by atoms with E-state index < -0.39 is 0 Å². The fourth-order valence-corrected chi connectivity index (χ4v) is 11.4. The molecule has 5 heteroatoms. The van der Waals surface area contributed by atoms with Gasteiger partial charge in [-0.15, -0.1) is 0 Å². The fourth-order valence-electron chi connectivity index (χ4n) is 11.4. The third kappa shape index (κ3) is 6.68. The van der Waals surface area contributed by atoms with E-state index in [1.54, 1.807) is 0 Å². The van der Waals surface area contributed by atoms with Crippen LogP contribution in [0.3, 0.4) is 0 Å². The molecule has 0 aliphatic carbocycles. The molecular formula is C69H42N4O. The average Bonchev–Trinajstić information content (AvgIpc) is 4.08. The lowest BCUT2D eigenvalue weighted by Crippen LogP contribution is -2.01. The van der Waals surface area contributed by atoms with Crippen LogP contribution in [0.5, 0.6) is 0 Å². The second kappa shape index (κ2) is 16.8. The number of fused-ring (bicyclic) bond motifs is 13. The third-order valence-corrected chi connectivity index (χ3v) is 14.8. The van der Waals surface area contributed by atoms with Crippen LogP contribution in [0.15, 0.2) is 259 Å². The Labute approximate surface area is 425 Å². The van der Waals surface area contributed by atoms with Crippen molar-refractivity contribution in [3.8, 4) is 73.2 Å². The zero-order valence-corrected chi connectivity index (χ0v) is 39.9. The standard InChI is InChI=1S/C69H42N4O/c1-4-17-47(18-5-1)67-70-68(48-19-6-2-7-20-48)72-69(71-67)60-42-49(41-59-54-25-11-10-23-52(54)53-24-12-13-27-56(53)63(59)60)45-33-31-43(32-34-45)44-35-37-46(38-36-44)51-28-16-29-58-64-61(73(65(51)58)50-21-8-3-9-22-50)40-39-57-55-26-14-15-30-62(55)74-66(57)64/h1-42H. The van der Waals surface area contributed by atoms with Crippen LogP contribution in [0.25, 0.3) is 149 Å². The van der Waals surface area contributed by atoms with Gasteiger partial charge in [-0.25, -0.2) is 15.0 Å². The molecule has 0 unspecified atom stereocenters. The lowest BCUT2D eigenvalue weighted by molar-refractivity contribution is 0.673. The van der Waals surface area contributed by atoms with Crippen LogP contribution >= 0.6 is 0 Å². The predicted molar refractivity (Wildman–Crippen MR) is 307 cm³/mol. The van der Waals surface area contributed by atoms with Crippen molar-refractivity contribution >= 4 is 76.1 Å². The summed E-state index contributed by atoms with van der Waals surface area (Å²) in [6.45, 7) is 0. The van der Waals surface area contributed by atoms with Gasteiger partial charge in [-0.3, -0.25) is 0 Å². The number of hydrogen-bond donors (Lipinski definition) is 0. The molecule has 15 rings (SSSR count). The Balaban J connectivity index is 0.863. The Kier molecular flexibility index (Phi) is 9.50. The average molecular weight is 943 g/mol. The van der Waals surface area contributed by atoms with Gasteiger partial charge in [-0.1, -0.05) is 212 Å². The van der Waals surface area contributed by atoms with E-state index in [2.05, 4.69) is 217 Å². The van der Waals surface area contributed by atoms with Crippen molar-refractivity contribution in [2.45, 2.75) is 0 Å². The minimum absolute atomic E-state index is 0.629. The zero-order chi connectivity index (χ0) is 48.7. The molecule has 0 aliphatic heterocycles. The summed E-state index contributed by atoms with van der Waals surface area (Å²) < 4.78 is 9.06. The third-order valence-electron chi connectivity index (χ3n) is 14.8. The fraction of sp³-hybridized carbons (Fsp3) is 0. The molecule has 0 amide bonds. The monoisotopic (exact) mass is 942 g/mol. The predicted octanol–water partition coefficient (Wildman–Crippen LogP) is 18.3. The first-order chi connectivity index (χ1) is 36.7. The molecule has 3 aromatic heterocycles. The van der Waals surface area contributed by atoms with Gasteiger partial charge in [0.05, 0.1) is 16.4 Å². The van der Waals surface area contributed by atoms with Crippen LogP contribution in [-0.2, 0) is 0 Å². The molecule has 0 spiro atoms. The van der Waals surface area contributed by atoms with E-state index in [0.717, 1.165) is 116 Å². The molecule has 15 aromatic rings. The summed E-state index contributed by atoms with van der Waals surface area (Å²) in [5, 5.41) is 11.6. The summed E-state index contributed by atoms with van der Waals surface area (Å²) in [6.07, 6.45) is 0. The number of para-hydroxylation sites is 3. The Morgan fingerprint density at radius 1 is 0.284 bits per heavy atom. The largest absolute Gasteiger partial charge is 0.455 e. The van der Waals surface area contributed by atoms with E-state index >= 15 is 0 Å².